The Morgan fingerprint density at radius 1 is 1.12 bits per heavy atom. The van der Waals surface area contributed by atoms with Crippen LogP contribution in [0.1, 0.15) is 27.6 Å². The molecule has 1 aromatic rings. The molecule has 1 aliphatic rings. The van der Waals surface area contributed by atoms with Gasteiger partial charge in [0, 0.05) is 18.7 Å². The van der Waals surface area contributed by atoms with Crippen molar-refractivity contribution >= 4 is 17.7 Å². The summed E-state index contributed by atoms with van der Waals surface area (Å²) in [6, 6.07) is 4.57. The third-order valence-corrected chi connectivity index (χ3v) is 3.51. The first-order valence-electron chi connectivity index (χ1n) is 7.45. The maximum absolute atomic E-state index is 14.2. The highest BCUT2D eigenvalue weighted by atomic mass is 19.3. The van der Waals surface area contributed by atoms with Crippen LogP contribution in [-0.2, 0) is 14.3 Å². The van der Waals surface area contributed by atoms with Gasteiger partial charge in [-0.2, -0.15) is 8.78 Å². The smallest absolute Gasteiger partial charge is 0.386 e. The highest BCUT2D eigenvalue weighted by molar-refractivity contribution is 6.15. The van der Waals surface area contributed by atoms with Gasteiger partial charge in [-0.25, -0.2) is 4.79 Å². The van der Waals surface area contributed by atoms with Crippen LogP contribution < -0.4 is 0 Å². The lowest BCUT2D eigenvalue weighted by Crippen LogP contribution is -2.51. The number of nitrogens with zero attached hydrogens (tertiary/aromatic N) is 1. The molecule has 24 heavy (non-hydrogen) atoms. The lowest BCUT2D eigenvalue weighted by Gasteiger charge is -2.29. The number of rotatable bonds is 5. The molecule has 1 aliphatic heterocycles. The summed E-state index contributed by atoms with van der Waals surface area (Å²) in [4.78, 5) is 36.4. The van der Waals surface area contributed by atoms with E-state index in [0.29, 0.717) is 0 Å². The van der Waals surface area contributed by atoms with Crippen LogP contribution in [0.3, 0.4) is 0 Å². The summed E-state index contributed by atoms with van der Waals surface area (Å²) in [5.74, 6) is -7.92. The minimum absolute atomic E-state index is 0.0174. The fraction of sp³-hybridized carbons (Fsp3) is 0.438. The summed E-state index contributed by atoms with van der Waals surface area (Å²) in [6.07, 6.45) is 0. The predicted octanol–water partition coefficient (Wildman–Crippen LogP) is 1.54. The van der Waals surface area contributed by atoms with E-state index in [4.69, 9.17) is 9.47 Å². The van der Waals surface area contributed by atoms with Gasteiger partial charge in [0.05, 0.1) is 25.4 Å². The standard InChI is InChI=1S/C16H17F2NO5/c1-2-24-14(21)12-5-3-11(4-6-12)13(20)16(17,18)15(22)19-7-9-23-10-8-19/h3-6H,2,7-10H2,1H3. The molecule has 0 unspecified atom stereocenters. The van der Waals surface area contributed by atoms with Crippen molar-refractivity contribution in [2.75, 3.05) is 32.9 Å². The summed E-state index contributed by atoms with van der Waals surface area (Å²) < 4.78 is 38.1. The molecule has 1 saturated heterocycles. The fourth-order valence-electron chi connectivity index (χ4n) is 2.22. The highest BCUT2D eigenvalue weighted by Crippen LogP contribution is 2.24. The topological polar surface area (TPSA) is 72.9 Å². The number of hydrogen-bond donors (Lipinski definition) is 0. The minimum atomic E-state index is -4.16. The molecule has 2 rings (SSSR count). The van der Waals surface area contributed by atoms with Crippen LogP contribution >= 0.6 is 0 Å². The fourth-order valence-corrected chi connectivity index (χ4v) is 2.22. The van der Waals surface area contributed by atoms with Gasteiger partial charge in [-0.15, -0.1) is 0 Å². The van der Waals surface area contributed by atoms with E-state index in [-0.39, 0.29) is 44.0 Å². The van der Waals surface area contributed by atoms with Crippen molar-refractivity contribution in [1.82, 2.24) is 4.90 Å². The first kappa shape index (κ1) is 18.0. The number of carbonyl (C=O) groups excluding carboxylic acids is 3. The van der Waals surface area contributed by atoms with Crippen molar-refractivity contribution in [2.45, 2.75) is 12.8 Å². The molecule has 1 fully saturated rings. The van der Waals surface area contributed by atoms with Crippen molar-refractivity contribution < 1.29 is 32.6 Å². The Kier molecular flexibility index (Phi) is 5.61. The second-order valence-electron chi connectivity index (χ2n) is 5.11. The van der Waals surface area contributed by atoms with E-state index in [0.717, 1.165) is 17.0 Å². The number of ketones is 1. The van der Waals surface area contributed by atoms with Crippen molar-refractivity contribution in [2.24, 2.45) is 0 Å². The van der Waals surface area contributed by atoms with Gasteiger partial charge in [0.15, 0.2) is 0 Å². The molecule has 1 aromatic carbocycles. The normalized spacial score (nSPS) is 15.0. The summed E-state index contributed by atoms with van der Waals surface area (Å²) in [5, 5.41) is 0. The Balaban J connectivity index is 2.14. The average molecular weight is 341 g/mol. The van der Waals surface area contributed by atoms with Gasteiger partial charge in [-0.1, -0.05) is 12.1 Å². The number of morpholine rings is 1. The number of alkyl halides is 2. The van der Waals surface area contributed by atoms with Gasteiger partial charge in [0.2, 0.25) is 5.78 Å². The first-order chi connectivity index (χ1) is 11.4. The van der Waals surface area contributed by atoms with Crippen LogP contribution in [-0.4, -0.2) is 61.4 Å². The average Bonchev–Trinajstić information content (AvgIpc) is 2.61. The number of halogens is 2. The third-order valence-electron chi connectivity index (χ3n) is 3.51. The SMILES string of the molecule is CCOC(=O)c1ccc(C(=O)C(F)(F)C(=O)N2CCOCC2)cc1. The quantitative estimate of drug-likeness (QED) is 0.461. The van der Waals surface area contributed by atoms with E-state index in [9.17, 15) is 23.2 Å². The van der Waals surface area contributed by atoms with E-state index in [1.165, 1.54) is 12.1 Å². The molecule has 130 valence electrons. The Morgan fingerprint density at radius 2 is 1.67 bits per heavy atom. The Morgan fingerprint density at radius 3 is 2.21 bits per heavy atom. The number of ether oxygens (including phenoxy) is 2. The Hall–Kier alpha value is -2.35. The molecule has 0 aliphatic carbocycles. The monoisotopic (exact) mass is 341 g/mol. The van der Waals surface area contributed by atoms with Gasteiger partial charge in [-0.3, -0.25) is 9.59 Å². The largest absolute Gasteiger partial charge is 0.462 e. The van der Waals surface area contributed by atoms with Gasteiger partial charge in [0.1, 0.15) is 0 Å². The van der Waals surface area contributed by atoms with Crippen molar-refractivity contribution in [1.29, 1.82) is 0 Å². The van der Waals surface area contributed by atoms with E-state index in [1.807, 2.05) is 0 Å². The molecular weight excluding hydrogens is 324 g/mol. The van der Waals surface area contributed by atoms with Crippen molar-refractivity contribution in [3.8, 4) is 0 Å². The zero-order valence-electron chi connectivity index (χ0n) is 13.1. The van der Waals surface area contributed by atoms with Crippen LogP contribution in [0.25, 0.3) is 0 Å². The Labute approximate surface area is 137 Å². The van der Waals surface area contributed by atoms with Gasteiger partial charge >= 0.3 is 17.8 Å². The molecule has 6 nitrogen and oxygen atoms in total. The molecule has 0 bridgehead atoms. The lowest BCUT2D eigenvalue weighted by molar-refractivity contribution is -0.154. The molecule has 8 heteroatoms. The maximum Gasteiger partial charge on any atom is 0.386 e. The van der Waals surface area contributed by atoms with Crippen LogP contribution in [0.5, 0.6) is 0 Å². The molecule has 1 amide bonds. The molecule has 0 spiro atoms. The second-order valence-corrected chi connectivity index (χ2v) is 5.11. The van der Waals surface area contributed by atoms with Crippen LogP contribution in [0.15, 0.2) is 24.3 Å². The van der Waals surface area contributed by atoms with E-state index in [2.05, 4.69) is 0 Å². The number of carbonyl (C=O) groups is 3. The van der Waals surface area contributed by atoms with Crippen LogP contribution in [0, 0.1) is 0 Å². The molecule has 0 atom stereocenters. The predicted molar refractivity (Wildman–Crippen MR) is 79.1 cm³/mol. The second kappa shape index (κ2) is 7.48. The minimum Gasteiger partial charge on any atom is -0.462 e. The number of amides is 1. The lowest BCUT2D eigenvalue weighted by atomic mass is 10.0. The van der Waals surface area contributed by atoms with Gasteiger partial charge < -0.3 is 14.4 Å². The molecule has 0 saturated carbocycles. The van der Waals surface area contributed by atoms with E-state index in [1.54, 1.807) is 6.92 Å². The van der Waals surface area contributed by atoms with Crippen LogP contribution in [0.2, 0.25) is 0 Å². The van der Waals surface area contributed by atoms with E-state index < -0.39 is 23.6 Å². The number of benzene rings is 1. The zero-order valence-corrected chi connectivity index (χ0v) is 13.1. The molecule has 0 aromatic heterocycles. The molecular formula is C16H17F2NO5. The summed E-state index contributed by atoms with van der Waals surface area (Å²) >= 11 is 0. The number of Topliss-reactive ketones (excluding diaryl/α,β-unsaturated/α-hetero) is 1. The highest BCUT2D eigenvalue weighted by Gasteiger charge is 2.50. The number of esters is 1. The van der Waals surface area contributed by atoms with Gasteiger partial charge in [-0.05, 0) is 19.1 Å². The number of hydrogen-bond acceptors (Lipinski definition) is 5. The summed E-state index contributed by atoms with van der Waals surface area (Å²) in [7, 11) is 0. The molecule has 1 heterocycles. The third kappa shape index (κ3) is 3.76. The Bertz CT molecular complexity index is 624. The van der Waals surface area contributed by atoms with Crippen molar-refractivity contribution in [3.63, 3.8) is 0 Å². The molecule has 0 N–H and O–H groups in total. The van der Waals surface area contributed by atoms with E-state index >= 15 is 0 Å². The first-order valence-corrected chi connectivity index (χ1v) is 7.45. The summed E-state index contributed by atoms with van der Waals surface area (Å²) in [6.45, 7) is 2.15. The van der Waals surface area contributed by atoms with Crippen LogP contribution in [0.4, 0.5) is 8.78 Å². The van der Waals surface area contributed by atoms with Crippen molar-refractivity contribution in [3.05, 3.63) is 35.4 Å². The summed E-state index contributed by atoms with van der Waals surface area (Å²) in [5.41, 5.74) is -0.217. The van der Waals surface area contributed by atoms with Gasteiger partial charge in [0.25, 0.3) is 0 Å². The molecule has 0 radical (unpaired) electrons. The zero-order chi connectivity index (χ0) is 17.7. The maximum atomic E-state index is 14.2.